The van der Waals surface area contributed by atoms with E-state index in [1.807, 2.05) is 6.92 Å². The Labute approximate surface area is 129 Å². The predicted molar refractivity (Wildman–Crippen MR) is 90.3 cm³/mol. The first-order valence-corrected chi connectivity index (χ1v) is 8.08. The number of nitrogen functional groups attached to an aromatic ring is 1. The second-order valence-corrected chi connectivity index (χ2v) is 6.23. The second kappa shape index (κ2) is 8.82. The summed E-state index contributed by atoms with van der Waals surface area (Å²) in [5.41, 5.74) is 3.65. The van der Waals surface area contributed by atoms with Crippen molar-refractivity contribution < 1.29 is 0 Å². The van der Waals surface area contributed by atoms with Crippen LogP contribution in [0.15, 0.2) is 0 Å². The Morgan fingerprint density at radius 2 is 1.76 bits per heavy atom. The molecule has 4 N–H and O–H groups in total. The zero-order valence-corrected chi connectivity index (χ0v) is 14.2. The average molecular weight is 293 g/mol. The van der Waals surface area contributed by atoms with Gasteiger partial charge in [-0.25, -0.2) is 15.8 Å². The van der Waals surface area contributed by atoms with Crippen molar-refractivity contribution in [3.05, 3.63) is 11.4 Å². The summed E-state index contributed by atoms with van der Waals surface area (Å²) in [5.74, 6) is 8.78. The molecule has 5 nitrogen and oxygen atoms in total. The first kappa shape index (κ1) is 17.7. The van der Waals surface area contributed by atoms with Crippen molar-refractivity contribution in [3.8, 4) is 0 Å². The third kappa shape index (κ3) is 5.87. The third-order valence-electron chi connectivity index (χ3n) is 3.60. The normalized spacial score (nSPS) is 12.5. The molecule has 0 spiro atoms. The molecule has 0 saturated heterocycles. The van der Waals surface area contributed by atoms with Crippen LogP contribution in [0.3, 0.4) is 0 Å². The molecule has 0 aromatic carbocycles. The molecule has 0 amide bonds. The van der Waals surface area contributed by atoms with Crippen molar-refractivity contribution >= 4 is 11.6 Å². The van der Waals surface area contributed by atoms with Gasteiger partial charge < -0.3 is 10.7 Å². The Kier molecular flexibility index (Phi) is 7.43. The maximum atomic E-state index is 5.56. The van der Waals surface area contributed by atoms with E-state index >= 15 is 0 Å². The molecular formula is C16H31N5. The quantitative estimate of drug-likeness (QED) is 0.478. The molecule has 1 aromatic heterocycles. The highest BCUT2D eigenvalue weighted by atomic mass is 15.3. The Hall–Kier alpha value is -1.36. The summed E-state index contributed by atoms with van der Waals surface area (Å²) in [5, 5.41) is 3.51. The molecule has 0 radical (unpaired) electrons. The highest BCUT2D eigenvalue weighted by molar-refractivity contribution is 5.57. The lowest BCUT2D eigenvalue weighted by Gasteiger charge is -2.18. The van der Waals surface area contributed by atoms with Crippen LogP contribution in [0.1, 0.15) is 64.8 Å². The molecule has 0 saturated carbocycles. The van der Waals surface area contributed by atoms with E-state index in [4.69, 9.17) is 5.84 Å². The standard InChI is InChI=1S/C16H31N5/c1-6-8-14-19-15(13(5)16(20-14)21-17)18-12(4)10-7-9-11(2)3/h11-12H,6-10,17H2,1-5H3,(H2,18,19,20,21). The van der Waals surface area contributed by atoms with Crippen LogP contribution >= 0.6 is 0 Å². The molecule has 0 bridgehead atoms. The summed E-state index contributed by atoms with van der Waals surface area (Å²) in [6.07, 6.45) is 5.54. The number of nitrogens with zero attached hydrogens (tertiary/aromatic N) is 2. The van der Waals surface area contributed by atoms with E-state index in [2.05, 4.69) is 48.4 Å². The lowest BCUT2D eigenvalue weighted by molar-refractivity contribution is 0.519. The lowest BCUT2D eigenvalue weighted by Crippen LogP contribution is -2.20. The van der Waals surface area contributed by atoms with Gasteiger partial charge in [-0.1, -0.05) is 33.6 Å². The van der Waals surface area contributed by atoms with Gasteiger partial charge >= 0.3 is 0 Å². The minimum atomic E-state index is 0.400. The van der Waals surface area contributed by atoms with Crippen molar-refractivity contribution in [2.45, 2.75) is 72.8 Å². The topological polar surface area (TPSA) is 75.9 Å². The maximum absolute atomic E-state index is 5.56. The minimum Gasteiger partial charge on any atom is -0.367 e. The van der Waals surface area contributed by atoms with Crippen molar-refractivity contribution in [2.75, 3.05) is 10.7 Å². The molecule has 0 aliphatic heterocycles. The van der Waals surface area contributed by atoms with E-state index in [1.54, 1.807) is 0 Å². The van der Waals surface area contributed by atoms with E-state index in [0.29, 0.717) is 11.9 Å². The van der Waals surface area contributed by atoms with Gasteiger partial charge in [-0.2, -0.15) is 0 Å². The number of nitrogens with one attached hydrogen (secondary N) is 2. The highest BCUT2D eigenvalue weighted by Crippen LogP contribution is 2.21. The number of hydrogen-bond donors (Lipinski definition) is 3. The molecule has 5 heteroatoms. The molecule has 1 heterocycles. The highest BCUT2D eigenvalue weighted by Gasteiger charge is 2.12. The van der Waals surface area contributed by atoms with Crippen molar-refractivity contribution in [1.29, 1.82) is 0 Å². The number of nitrogens with two attached hydrogens (primary N) is 1. The van der Waals surface area contributed by atoms with Crippen LogP contribution in [0, 0.1) is 12.8 Å². The zero-order chi connectivity index (χ0) is 15.8. The van der Waals surface area contributed by atoms with Crippen LogP contribution in [0.2, 0.25) is 0 Å². The first-order valence-electron chi connectivity index (χ1n) is 8.08. The maximum Gasteiger partial charge on any atom is 0.148 e. The van der Waals surface area contributed by atoms with Crippen LogP contribution in [0.5, 0.6) is 0 Å². The van der Waals surface area contributed by atoms with Crippen molar-refractivity contribution in [2.24, 2.45) is 11.8 Å². The summed E-state index contributed by atoms with van der Waals surface area (Å²) < 4.78 is 0. The van der Waals surface area contributed by atoms with E-state index in [9.17, 15) is 0 Å². The molecule has 1 atom stereocenters. The van der Waals surface area contributed by atoms with Gasteiger partial charge in [-0.05, 0) is 32.6 Å². The van der Waals surface area contributed by atoms with Crippen molar-refractivity contribution in [3.63, 3.8) is 0 Å². The van der Waals surface area contributed by atoms with Crippen molar-refractivity contribution in [1.82, 2.24) is 9.97 Å². The molecule has 120 valence electrons. The lowest BCUT2D eigenvalue weighted by atomic mass is 10.0. The smallest absolute Gasteiger partial charge is 0.148 e. The van der Waals surface area contributed by atoms with Crippen LogP contribution in [-0.4, -0.2) is 16.0 Å². The fraction of sp³-hybridized carbons (Fsp3) is 0.750. The Balaban J connectivity index is 2.74. The second-order valence-electron chi connectivity index (χ2n) is 6.23. The monoisotopic (exact) mass is 293 g/mol. The minimum absolute atomic E-state index is 0.400. The van der Waals surface area contributed by atoms with Crippen LogP contribution in [0.25, 0.3) is 0 Å². The number of hydrogen-bond acceptors (Lipinski definition) is 5. The van der Waals surface area contributed by atoms with E-state index in [1.165, 1.54) is 12.8 Å². The largest absolute Gasteiger partial charge is 0.367 e. The average Bonchev–Trinajstić information content (AvgIpc) is 2.42. The molecule has 0 fully saturated rings. The summed E-state index contributed by atoms with van der Waals surface area (Å²) in [6.45, 7) is 10.9. The molecule has 21 heavy (non-hydrogen) atoms. The fourth-order valence-electron chi connectivity index (χ4n) is 2.32. The van der Waals surface area contributed by atoms with Gasteiger partial charge in [0.1, 0.15) is 17.5 Å². The Bertz CT molecular complexity index is 431. The predicted octanol–water partition coefficient (Wildman–Crippen LogP) is 3.65. The summed E-state index contributed by atoms with van der Waals surface area (Å²) >= 11 is 0. The van der Waals surface area contributed by atoms with Gasteiger partial charge in [0.25, 0.3) is 0 Å². The molecule has 0 aliphatic carbocycles. The van der Waals surface area contributed by atoms with Gasteiger partial charge in [0.2, 0.25) is 0 Å². The third-order valence-corrected chi connectivity index (χ3v) is 3.60. The zero-order valence-electron chi connectivity index (χ0n) is 14.2. The van der Waals surface area contributed by atoms with Gasteiger partial charge in [0, 0.05) is 18.0 Å². The summed E-state index contributed by atoms with van der Waals surface area (Å²) in [7, 11) is 0. The Morgan fingerprint density at radius 1 is 1.10 bits per heavy atom. The summed E-state index contributed by atoms with van der Waals surface area (Å²) in [4.78, 5) is 9.08. The Morgan fingerprint density at radius 3 is 2.33 bits per heavy atom. The number of hydrazine groups is 1. The van der Waals surface area contributed by atoms with Gasteiger partial charge in [0.05, 0.1) is 0 Å². The van der Waals surface area contributed by atoms with Gasteiger partial charge in [-0.3, -0.25) is 0 Å². The van der Waals surface area contributed by atoms with Gasteiger partial charge in [0.15, 0.2) is 0 Å². The van der Waals surface area contributed by atoms with Gasteiger partial charge in [-0.15, -0.1) is 0 Å². The molecule has 1 rings (SSSR count). The first-order chi connectivity index (χ1) is 9.97. The fourth-order valence-corrected chi connectivity index (χ4v) is 2.32. The van der Waals surface area contributed by atoms with E-state index < -0.39 is 0 Å². The number of aromatic nitrogens is 2. The molecule has 0 aliphatic rings. The number of anilines is 2. The number of aryl methyl sites for hydroxylation is 1. The number of rotatable bonds is 9. The molecule has 1 aromatic rings. The SMILES string of the molecule is CCCc1nc(NN)c(C)c(NC(C)CCCC(C)C)n1. The van der Waals surface area contributed by atoms with Crippen LogP contribution in [-0.2, 0) is 6.42 Å². The van der Waals surface area contributed by atoms with E-state index in [-0.39, 0.29) is 0 Å². The summed E-state index contributed by atoms with van der Waals surface area (Å²) in [6, 6.07) is 0.400. The van der Waals surface area contributed by atoms with Crippen LogP contribution in [0.4, 0.5) is 11.6 Å². The van der Waals surface area contributed by atoms with Crippen LogP contribution < -0.4 is 16.6 Å². The molecule has 1 unspecified atom stereocenters. The molecular weight excluding hydrogens is 262 g/mol. The van der Waals surface area contributed by atoms with E-state index in [0.717, 1.165) is 42.4 Å².